The molecule has 1 N–H and O–H groups in total. The zero-order valence-electron chi connectivity index (χ0n) is 13.3. The van der Waals surface area contributed by atoms with Crippen LogP contribution in [0.1, 0.15) is 46.0 Å². The molecule has 1 fully saturated rings. The number of allylic oxidation sites excluding steroid dienone is 3. The monoisotopic (exact) mass is 293 g/mol. The number of hydrogen-bond donors (Lipinski definition) is 1. The molecule has 21 heavy (non-hydrogen) atoms. The molecule has 0 unspecified atom stereocenters. The fourth-order valence-electron chi connectivity index (χ4n) is 2.59. The van der Waals surface area contributed by atoms with Crippen LogP contribution < -0.4 is 5.32 Å². The van der Waals surface area contributed by atoms with Crippen molar-refractivity contribution < 1.29 is 14.3 Å². The molecule has 118 valence electrons. The molecule has 1 rings (SSSR count). The zero-order chi connectivity index (χ0) is 15.7. The van der Waals surface area contributed by atoms with Gasteiger partial charge in [-0.1, -0.05) is 44.1 Å². The maximum Gasteiger partial charge on any atom is 0.317 e. The van der Waals surface area contributed by atoms with Crippen LogP contribution >= 0.6 is 0 Å². The fourth-order valence-corrected chi connectivity index (χ4v) is 2.59. The lowest BCUT2D eigenvalue weighted by Gasteiger charge is -2.31. The lowest BCUT2D eigenvalue weighted by Crippen LogP contribution is -2.52. The Morgan fingerprint density at radius 3 is 2.76 bits per heavy atom. The highest BCUT2D eigenvalue weighted by molar-refractivity contribution is 6.00. The van der Waals surface area contributed by atoms with E-state index in [1.165, 1.54) is 26.4 Å². The molecule has 4 nitrogen and oxygen atoms in total. The summed E-state index contributed by atoms with van der Waals surface area (Å²) in [4.78, 5) is 23.6. The van der Waals surface area contributed by atoms with Gasteiger partial charge < -0.3 is 10.1 Å². The molecule has 0 amide bonds. The Balaban J connectivity index is 2.42. The third kappa shape index (κ3) is 5.84. The zero-order valence-corrected chi connectivity index (χ0v) is 13.3. The summed E-state index contributed by atoms with van der Waals surface area (Å²) in [6, 6.07) is -0.199. The number of rotatable bonds is 7. The van der Waals surface area contributed by atoms with E-state index in [0.717, 1.165) is 6.42 Å². The molecule has 1 aliphatic rings. The van der Waals surface area contributed by atoms with Gasteiger partial charge in [0.2, 0.25) is 0 Å². The van der Waals surface area contributed by atoms with Gasteiger partial charge in [-0.05, 0) is 19.8 Å². The van der Waals surface area contributed by atoms with E-state index in [1.807, 2.05) is 25.2 Å². The Morgan fingerprint density at radius 1 is 1.38 bits per heavy atom. The number of nitrogens with one attached hydrogen (secondary N) is 1. The number of methoxy groups -OCH3 is 1. The first kappa shape index (κ1) is 17.6. The molecule has 0 aromatic rings. The Bertz CT molecular complexity index is 401. The first-order chi connectivity index (χ1) is 10.1. The van der Waals surface area contributed by atoms with Gasteiger partial charge in [0.1, 0.15) is 5.92 Å². The normalized spacial score (nSPS) is 26.6. The van der Waals surface area contributed by atoms with E-state index in [4.69, 9.17) is 0 Å². The van der Waals surface area contributed by atoms with Crippen LogP contribution in [0.3, 0.4) is 0 Å². The lowest BCUT2D eigenvalue weighted by molar-refractivity contribution is -0.151. The maximum atomic E-state index is 12.0. The maximum absolute atomic E-state index is 12.0. The molecule has 1 heterocycles. The smallest absolute Gasteiger partial charge is 0.317 e. The number of carbonyl (C=O) groups is 2. The third-order valence-electron chi connectivity index (χ3n) is 3.77. The topological polar surface area (TPSA) is 55.4 Å². The van der Waals surface area contributed by atoms with Gasteiger partial charge in [-0.2, -0.15) is 0 Å². The molecule has 0 aromatic heterocycles. The molecule has 0 radical (unpaired) electrons. The van der Waals surface area contributed by atoms with Crippen LogP contribution in [-0.2, 0) is 14.3 Å². The quantitative estimate of drug-likeness (QED) is 0.339. The Hall–Kier alpha value is -1.42. The summed E-state index contributed by atoms with van der Waals surface area (Å²) >= 11 is 0. The average Bonchev–Trinajstić information content (AvgIpc) is 2.45. The van der Waals surface area contributed by atoms with E-state index in [2.05, 4.69) is 23.1 Å². The van der Waals surface area contributed by atoms with Gasteiger partial charge >= 0.3 is 5.97 Å². The van der Waals surface area contributed by atoms with Crippen LogP contribution in [0.5, 0.6) is 0 Å². The predicted octanol–water partition coefficient (Wildman–Crippen LogP) is 2.79. The Labute approximate surface area is 127 Å². The highest BCUT2D eigenvalue weighted by Gasteiger charge is 2.38. The minimum atomic E-state index is -0.677. The van der Waals surface area contributed by atoms with Crippen molar-refractivity contribution in [3.63, 3.8) is 0 Å². The highest BCUT2D eigenvalue weighted by atomic mass is 16.5. The van der Waals surface area contributed by atoms with Gasteiger partial charge in [0, 0.05) is 18.5 Å². The summed E-state index contributed by atoms with van der Waals surface area (Å²) in [6.07, 6.45) is 13.3. The number of piperidine rings is 1. The van der Waals surface area contributed by atoms with Crippen LogP contribution in [0, 0.1) is 5.92 Å². The second-order valence-corrected chi connectivity index (χ2v) is 5.54. The lowest BCUT2D eigenvalue weighted by atomic mass is 9.87. The molecule has 1 aliphatic heterocycles. The highest BCUT2D eigenvalue weighted by Crippen LogP contribution is 2.18. The summed E-state index contributed by atoms with van der Waals surface area (Å²) in [6.45, 7) is 4.04. The minimum absolute atomic E-state index is 0.00584. The molecule has 1 saturated heterocycles. The minimum Gasteiger partial charge on any atom is -0.468 e. The molecule has 3 atom stereocenters. The summed E-state index contributed by atoms with van der Waals surface area (Å²) in [5.74, 6) is -1.17. The first-order valence-corrected chi connectivity index (χ1v) is 7.80. The Morgan fingerprint density at radius 2 is 2.14 bits per heavy atom. The van der Waals surface area contributed by atoms with E-state index < -0.39 is 11.9 Å². The number of hydrogen-bond acceptors (Lipinski definition) is 4. The molecule has 0 aliphatic carbocycles. The summed E-state index contributed by atoms with van der Waals surface area (Å²) in [5, 5.41) is 3.28. The summed E-state index contributed by atoms with van der Waals surface area (Å²) < 4.78 is 4.68. The number of ketones is 1. The van der Waals surface area contributed by atoms with Crippen molar-refractivity contribution in [3.05, 3.63) is 24.3 Å². The van der Waals surface area contributed by atoms with E-state index in [1.54, 1.807) is 0 Å². The molecule has 0 aromatic carbocycles. The number of carbonyl (C=O) groups excluding carboxylic acids is 2. The van der Waals surface area contributed by atoms with E-state index in [0.29, 0.717) is 6.42 Å². The van der Waals surface area contributed by atoms with Crippen LogP contribution in [0.2, 0.25) is 0 Å². The van der Waals surface area contributed by atoms with Crippen molar-refractivity contribution in [2.75, 3.05) is 7.11 Å². The van der Waals surface area contributed by atoms with Gasteiger partial charge in [-0.15, -0.1) is 0 Å². The van der Waals surface area contributed by atoms with Crippen LogP contribution in [-0.4, -0.2) is 30.9 Å². The molecule has 0 bridgehead atoms. The molecular weight excluding hydrogens is 266 g/mol. The molecule has 0 spiro atoms. The number of esters is 1. The van der Waals surface area contributed by atoms with Crippen LogP contribution in [0.4, 0.5) is 0 Å². The molecule has 4 heteroatoms. The fraction of sp³-hybridized carbons (Fsp3) is 0.647. The van der Waals surface area contributed by atoms with Gasteiger partial charge in [-0.25, -0.2) is 0 Å². The van der Waals surface area contributed by atoms with Gasteiger partial charge in [0.25, 0.3) is 0 Å². The van der Waals surface area contributed by atoms with Gasteiger partial charge in [0.15, 0.2) is 5.78 Å². The first-order valence-electron chi connectivity index (χ1n) is 7.80. The Kier molecular flexibility index (Phi) is 7.98. The molecular formula is C17H27NO3. The number of unbranched alkanes of at least 4 members (excludes halogenated alkanes) is 3. The average molecular weight is 293 g/mol. The summed E-state index contributed by atoms with van der Waals surface area (Å²) in [7, 11) is 1.32. The third-order valence-corrected chi connectivity index (χ3v) is 3.77. The van der Waals surface area contributed by atoms with E-state index in [-0.39, 0.29) is 17.9 Å². The number of Topliss-reactive ketones (excluding diaryl/α,β-unsaturated/α-hetero) is 1. The van der Waals surface area contributed by atoms with Gasteiger partial charge in [0.05, 0.1) is 7.11 Å². The number of ether oxygens (including phenoxy) is 1. The standard InChI is InChI=1S/C17H27NO3/c1-4-5-6-7-8-9-10-11-14-12-15(19)16(13(2)18-14)17(20)21-3/h8-11,13-14,16,18H,4-7,12H2,1-3H3/b9-8+,11-10+/t13-,14+,16-/m1/s1. The van der Waals surface area contributed by atoms with Crippen LogP contribution in [0.15, 0.2) is 24.3 Å². The van der Waals surface area contributed by atoms with Gasteiger partial charge in [-0.3, -0.25) is 9.59 Å². The molecule has 0 saturated carbocycles. The SMILES string of the molecule is CCCCC/C=C/C=C/[C@H]1CC(=O)[C@H](C(=O)OC)[C@@H](C)N1. The largest absolute Gasteiger partial charge is 0.468 e. The second kappa shape index (κ2) is 9.50. The predicted molar refractivity (Wildman–Crippen MR) is 83.9 cm³/mol. The van der Waals surface area contributed by atoms with Crippen molar-refractivity contribution in [1.29, 1.82) is 0 Å². The van der Waals surface area contributed by atoms with Crippen molar-refractivity contribution in [2.45, 2.75) is 58.0 Å². The second-order valence-electron chi connectivity index (χ2n) is 5.54. The van der Waals surface area contributed by atoms with Crippen LogP contribution in [0.25, 0.3) is 0 Å². The van der Waals surface area contributed by atoms with Crippen molar-refractivity contribution in [2.24, 2.45) is 5.92 Å². The van der Waals surface area contributed by atoms with E-state index in [9.17, 15) is 9.59 Å². The van der Waals surface area contributed by atoms with Crippen molar-refractivity contribution >= 4 is 11.8 Å². The van der Waals surface area contributed by atoms with Crippen molar-refractivity contribution in [3.8, 4) is 0 Å². The summed E-state index contributed by atoms with van der Waals surface area (Å²) in [5.41, 5.74) is 0. The van der Waals surface area contributed by atoms with E-state index >= 15 is 0 Å². The van der Waals surface area contributed by atoms with Crippen molar-refractivity contribution in [1.82, 2.24) is 5.32 Å².